The highest BCUT2D eigenvalue weighted by Gasteiger charge is 2.35. The Morgan fingerprint density at radius 2 is 2.07 bits per heavy atom. The summed E-state index contributed by atoms with van der Waals surface area (Å²) in [7, 11) is 1.77. The molecule has 4 fully saturated rings. The van der Waals surface area contributed by atoms with Crippen molar-refractivity contribution in [3.63, 3.8) is 0 Å². The Kier molecular flexibility index (Phi) is 4.28. The first-order valence-electron chi connectivity index (χ1n) is 10.0. The second kappa shape index (κ2) is 6.80. The van der Waals surface area contributed by atoms with E-state index >= 15 is 0 Å². The Balaban J connectivity index is 1.33. The fourth-order valence-corrected chi connectivity index (χ4v) is 4.90. The molecular formula is C20H27N5O2. The third-order valence-electron chi connectivity index (χ3n) is 6.58. The van der Waals surface area contributed by atoms with Gasteiger partial charge in [-0.15, -0.1) is 0 Å². The number of fused-ring (bicyclic) bond motifs is 4. The molecule has 1 aromatic heterocycles. The van der Waals surface area contributed by atoms with Crippen molar-refractivity contribution in [2.24, 2.45) is 5.92 Å². The number of hydrogen-bond donors (Lipinski definition) is 2. The van der Waals surface area contributed by atoms with E-state index in [4.69, 9.17) is 4.74 Å². The van der Waals surface area contributed by atoms with Gasteiger partial charge in [0.25, 0.3) is 5.91 Å². The van der Waals surface area contributed by atoms with Gasteiger partial charge in [0.15, 0.2) is 5.69 Å². The average Bonchev–Trinajstić information content (AvgIpc) is 3.35. The van der Waals surface area contributed by atoms with Crippen LogP contribution in [0.4, 0.5) is 5.69 Å². The van der Waals surface area contributed by atoms with E-state index in [9.17, 15) is 4.79 Å². The van der Waals surface area contributed by atoms with Crippen LogP contribution in [-0.4, -0.2) is 73.0 Å². The van der Waals surface area contributed by atoms with Gasteiger partial charge < -0.3 is 19.9 Å². The molecule has 2 bridgehead atoms. The van der Waals surface area contributed by atoms with Crippen LogP contribution < -0.4 is 10.2 Å². The number of amides is 1. The number of carbonyl (C=O) groups excluding carboxylic acids is 1. The van der Waals surface area contributed by atoms with Gasteiger partial charge in [0.2, 0.25) is 0 Å². The lowest BCUT2D eigenvalue weighted by Gasteiger charge is -2.44. The zero-order valence-electron chi connectivity index (χ0n) is 15.8. The summed E-state index contributed by atoms with van der Waals surface area (Å²) in [6.07, 6.45) is 3.72. The maximum Gasteiger partial charge on any atom is 0.272 e. The number of piperidine rings is 3. The molecule has 2 N–H and O–H groups in total. The van der Waals surface area contributed by atoms with Gasteiger partial charge in [-0.05, 0) is 56.5 Å². The molecule has 144 valence electrons. The van der Waals surface area contributed by atoms with Crippen LogP contribution in [-0.2, 0) is 4.74 Å². The molecule has 1 unspecified atom stereocenters. The van der Waals surface area contributed by atoms with Crippen LogP contribution >= 0.6 is 0 Å². The highest BCUT2D eigenvalue weighted by Crippen LogP contribution is 2.29. The fraction of sp³-hybridized carbons (Fsp3) is 0.600. The molecule has 1 aromatic carbocycles. The second-order valence-electron chi connectivity index (χ2n) is 8.11. The molecule has 4 saturated heterocycles. The van der Waals surface area contributed by atoms with Gasteiger partial charge >= 0.3 is 0 Å². The summed E-state index contributed by atoms with van der Waals surface area (Å²) in [6.45, 7) is 5.21. The van der Waals surface area contributed by atoms with E-state index in [0.29, 0.717) is 17.7 Å². The van der Waals surface area contributed by atoms with E-state index in [1.54, 1.807) is 7.11 Å². The molecule has 7 nitrogen and oxygen atoms in total. The Labute approximate surface area is 159 Å². The molecule has 2 atom stereocenters. The Morgan fingerprint density at radius 1 is 1.22 bits per heavy atom. The number of nitrogens with zero attached hydrogens (tertiary/aromatic N) is 3. The average molecular weight is 369 g/mol. The summed E-state index contributed by atoms with van der Waals surface area (Å²) in [5.41, 5.74) is 2.56. The third kappa shape index (κ3) is 3.08. The van der Waals surface area contributed by atoms with Crippen LogP contribution in [0.25, 0.3) is 10.9 Å². The van der Waals surface area contributed by atoms with Crippen LogP contribution in [0, 0.1) is 5.92 Å². The number of nitrogens with one attached hydrogen (secondary N) is 2. The van der Waals surface area contributed by atoms with Crippen LogP contribution in [0.15, 0.2) is 18.2 Å². The SMILES string of the molecule is COC1CCN(c2ccc3c(C(=O)N[C@H]4CN5CCC4CC5)n[nH]c3c2)C1. The molecule has 5 heterocycles. The van der Waals surface area contributed by atoms with E-state index in [-0.39, 0.29) is 11.9 Å². The van der Waals surface area contributed by atoms with Crippen molar-refractivity contribution < 1.29 is 9.53 Å². The van der Waals surface area contributed by atoms with Gasteiger partial charge in [-0.1, -0.05) is 0 Å². The number of hydrogen-bond acceptors (Lipinski definition) is 5. The third-order valence-corrected chi connectivity index (χ3v) is 6.58. The van der Waals surface area contributed by atoms with Gasteiger partial charge in [-0.3, -0.25) is 9.89 Å². The van der Waals surface area contributed by atoms with Gasteiger partial charge in [0.1, 0.15) is 0 Å². The van der Waals surface area contributed by atoms with Crippen molar-refractivity contribution in [3.05, 3.63) is 23.9 Å². The minimum atomic E-state index is -0.0617. The van der Waals surface area contributed by atoms with Gasteiger partial charge in [-0.2, -0.15) is 5.10 Å². The molecule has 0 spiro atoms. The van der Waals surface area contributed by atoms with Crippen LogP contribution in [0.3, 0.4) is 0 Å². The number of carbonyl (C=O) groups is 1. The van der Waals surface area contributed by atoms with E-state index in [1.165, 1.54) is 25.9 Å². The largest absolute Gasteiger partial charge is 0.380 e. The van der Waals surface area contributed by atoms with Crippen molar-refractivity contribution in [1.82, 2.24) is 20.4 Å². The van der Waals surface area contributed by atoms with Crippen molar-refractivity contribution in [2.45, 2.75) is 31.4 Å². The molecular weight excluding hydrogens is 342 g/mol. The minimum Gasteiger partial charge on any atom is -0.380 e. The van der Waals surface area contributed by atoms with Gasteiger partial charge in [0.05, 0.1) is 11.6 Å². The summed E-state index contributed by atoms with van der Waals surface area (Å²) in [5, 5.41) is 11.5. The topological polar surface area (TPSA) is 73.5 Å². The lowest BCUT2D eigenvalue weighted by molar-refractivity contribution is 0.0618. The predicted molar refractivity (Wildman–Crippen MR) is 104 cm³/mol. The number of methoxy groups -OCH3 is 1. The summed E-state index contributed by atoms with van der Waals surface area (Å²) in [4.78, 5) is 17.6. The normalized spacial score (nSPS) is 30.2. The summed E-state index contributed by atoms with van der Waals surface area (Å²) in [5.74, 6) is 0.549. The maximum absolute atomic E-state index is 12.8. The number of aromatic amines is 1. The molecule has 0 radical (unpaired) electrons. The standard InChI is InChI=1S/C20H27N5O2/c1-27-15-6-9-25(11-15)14-2-3-16-17(10-14)22-23-19(16)20(26)21-18-12-24-7-4-13(18)5-8-24/h2-3,10,13,15,18H,4-9,11-12H2,1H3,(H,21,26)(H,22,23)/t15?,18-/m0/s1. The molecule has 6 rings (SSSR count). The van der Waals surface area contributed by atoms with E-state index in [0.717, 1.165) is 42.6 Å². The summed E-state index contributed by atoms with van der Waals surface area (Å²) >= 11 is 0. The summed E-state index contributed by atoms with van der Waals surface area (Å²) in [6, 6.07) is 6.44. The highest BCUT2D eigenvalue weighted by molar-refractivity contribution is 6.05. The molecule has 0 aliphatic carbocycles. The number of aromatic nitrogens is 2. The molecule has 7 heteroatoms. The Bertz CT molecular complexity index is 842. The first-order chi connectivity index (χ1) is 13.2. The van der Waals surface area contributed by atoms with Gasteiger partial charge in [0, 0.05) is 43.9 Å². The van der Waals surface area contributed by atoms with Crippen molar-refractivity contribution in [1.29, 1.82) is 0 Å². The zero-order valence-corrected chi connectivity index (χ0v) is 15.8. The molecule has 2 aromatic rings. The number of ether oxygens (including phenoxy) is 1. The van der Waals surface area contributed by atoms with E-state index in [2.05, 4.69) is 37.4 Å². The molecule has 1 amide bonds. The Morgan fingerprint density at radius 3 is 2.78 bits per heavy atom. The highest BCUT2D eigenvalue weighted by atomic mass is 16.5. The Hall–Kier alpha value is -2.12. The van der Waals surface area contributed by atoms with Crippen LogP contribution in [0.1, 0.15) is 29.8 Å². The van der Waals surface area contributed by atoms with E-state index in [1.807, 2.05) is 6.07 Å². The molecule has 27 heavy (non-hydrogen) atoms. The zero-order chi connectivity index (χ0) is 18.4. The number of benzene rings is 1. The number of rotatable bonds is 4. The lowest BCUT2D eigenvalue weighted by atomic mass is 9.84. The van der Waals surface area contributed by atoms with Crippen molar-refractivity contribution in [2.75, 3.05) is 44.7 Å². The maximum atomic E-state index is 12.8. The van der Waals surface area contributed by atoms with Gasteiger partial charge in [-0.25, -0.2) is 0 Å². The fourth-order valence-electron chi connectivity index (χ4n) is 4.90. The quantitative estimate of drug-likeness (QED) is 0.857. The smallest absolute Gasteiger partial charge is 0.272 e. The molecule has 0 saturated carbocycles. The monoisotopic (exact) mass is 369 g/mol. The van der Waals surface area contributed by atoms with Crippen LogP contribution in [0.5, 0.6) is 0 Å². The van der Waals surface area contributed by atoms with Crippen molar-refractivity contribution >= 4 is 22.5 Å². The van der Waals surface area contributed by atoms with Crippen LogP contribution in [0.2, 0.25) is 0 Å². The first-order valence-corrected chi connectivity index (χ1v) is 10.0. The number of H-pyrrole nitrogens is 1. The van der Waals surface area contributed by atoms with E-state index < -0.39 is 0 Å². The second-order valence-corrected chi connectivity index (χ2v) is 8.11. The molecule has 4 aliphatic rings. The van der Waals surface area contributed by atoms with Crippen molar-refractivity contribution in [3.8, 4) is 0 Å². The lowest BCUT2D eigenvalue weighted by Crippen LogP contribution is -2.57. The predicted octanol–water partition coefficient (Wildman–Crippen LogP) is 1.61. The summed E-state index contributed by atoms with van der Waals surface area (Å²) < 4.78 is 5.46. The molecule has 4 aliphatic heterocycles. The first kappa shape index (κ1) is 17.0. The number of anilines is 1. The minimum absolute atomic E-state index is 0.0617.